The lowest BCUT2D eigenvalue weighted by Gasteiger charge is -2.11. The van der Waals surface area contributed by atoms with Gasteiger partial charge in [-0.05, 0) is 12.0 Å². The Kier molecular flexibility index (Phi) is 5.08. The molecule has 0 amide bonds. The molecular weight excluding hydrogens is 318 g/mol. The molecule has 0 fully saturated rings. The highest BCUT2D eigenvalue weighted by atomic mass is 16.5. The summed E-state index contributed by atoms with van der Waals surface area (Å²) in [4.78, 5) is 8.40. The molecule has 0 spiro atoms. The summed E-state index contributed by atoms with van der Waals surface area (Å²) in [5.41, 5.74) is 3.18. The predicted octanol–water partition coefficient (Wildman–Crippen LogP) is 1.82. The van der Waals surface area contributed by atoms with Gasteiger partial charge < -0.3 is 10.1 Å². The number of ether oxygens (including phenoxy) is 1. The zero-order valence-corrected chi connectivity index (χ0v) is 15.0. The summed E-state index contributed by atoms with van der Waals surface area (Å²) in [7, 11) is 3.58. The maximum Gasteiger partial charge on any atom is 0.216 e. The van der Waals surface area contributed by atoms with E-state index in [-0.39, 0.29) is 0 Å². The molecular formula is C17H23N7O. The van der Waals surface area contributed by atoms with E-state index >= 15 is 0 Å². The van der Waals surface area contributed by atoms with Crippen molar-refractivity contribution in [2.24, 2.45) is 7.05 Å². The highest BCUT2D eigenvalue weighted by Gasteiger charge is 2.19. The van der Waals surface area contributed by atoms with E-state index in [2.05, 4.69) is 39.3 Å². The molecule has 8 heteroatoms. The number of hydrogen-bond donors (Lipinski definition) is 1. The maximum absolute atomic E-state index is 5.52. The van der Waals surface area contributed by atoms with Crippen molar-refractivity contribution in [3.8, 4) is 11.7 Å². The van der Waals surface area contributed by atoms with Gasteiger partial charge in [-0.25, -0.2) is 19.3 Å². The lowest BCUT2D eigenvalue weighted by Crippen LogP contribution is -2.16. The number of methoxy groups -OCH3 is 1. The van der Waals surface area contributed by atoms with Crippen LogP contribution >= 0.6 is 0 Å². The first-order valence-corrected chi connectivity index (χ1v) is 8.21. The molecule has 0 aliphatic carbocycles. The molecule has 0 atom stereocenters. The first-order chi connectivity index (χ1) is 12.1. The van der Waals surface area contributed by atoms with E-state index in [1.165, 1.54) is 6.33 Å². The van der Waals surface area contributed by atoms with Crippen LogP contribution in [0.3, 0.4) is 0 Å². The molecule has 0 saturated carbocycles. The zero-order chi connectivity index (χ0) is 17.8. The molecule has 0 aliphatic heterocycles. The first-order valence-electron chi connectivity index (χ1n) is 8.21. The van der Waals surface area contributed by atoms with Gasteiger partial charge in [0, 0.05) is 31.9 Å². The van der Waals surface area contributed by atoms with Crippen LogP contribution in [0.5, 0.6) is 5.88 Å². The number of nitrogens with zero attached hydrogens (tertiary/aromatic N) is 6. The van der Waals surface area contributed by atoms with Crippen molar-refractivity contribution in [1.82, 2.24) is 34.8 Å². The van der Waals surface area contributed by atoms with Gasteiger partial charge in [0.2, 0.25) is 5.88 Å². The Labute approximate surface area is 146 Å². The summed E-state index contributed by atoms with van der Waals surface area (Å²) < 4.78 is 8.97. The molecule has 1 N–H and O–H groups in total. The van der Waals surface area contributed by atoms with Crippen LogP contribution in [0, 0.1) is 0 Å². The number of aromatic nitrogens is 6. The van der Waals surface area contributed by atoms with E-state index in [9.17, 15) is 0 Å². The van der Waals surface area contributed by atoms with E-state index in [0.29, 0.717) is 19.0 Å². The third-order valence-corrected chi connectivity index (χ3v) is 3.98. The van der Waals surface area contributed by atoms with Crippen LogP contribution in [0.25, 0.3) is 5.82 Å². The van der Waals surface area contributed by atoms with Crippen molar-refractivity contribution in [1.29, 1.82) is 0 Å². The molecule has 25 heavy (non-hydrogen) atoms. The minimum absolute atomic E-state index is 0.330. The summed E-state index contributed by atoms with van der Waals surface area (Å²) in [6.07, 6.45) is 4.90. The minimum atomic E-state index is 0.330. The number of aryl methyl sites for hydroxylation is 1. The van der Waals surface area contributed by atoms with Crippen LogP contribution in [0.15, 0.2) is 31.0 Å². The van der Waals surface area contributed by atoms with Crippen LogP contribution in [0.2, 0.25) is 0 Å². The van der Waals surface area contributed by atoms with E-state index in [1.54, 1.807) is 29.0 Å². The van der Waals surface area contributed by atoms with Gasteiger partial charge in [0.05, 0.1) is 18.4 Å². The number of nitrogens with one attached hydrogen (secondary N) is 1. The summed E-state index contributed by atoms with van der Waals surface area (Å²) in [6, 6.07) is 3.95. The Balaban J connectivity index is 1.77. The van der Waals surface area contributed by atoms with Gasteiger partial charge in [0.25, 0.3) is 0 Å². The smallest absolute Gasteiger partial charge is 0.216 e. The van der Waals surface area contributed by atoms with Crippen LogP contribution < -0.4 is 10.1 Å². The number of rotatable bonds is 7. The molecule has 0 aromatic carbocycles. The molecule has 0 saturated heterocycles. The van der Waals surface area contributed by atoms with Crippen LogP contribution in [-0.4, -0.2) is 36.6 Å². The van der Waals surface area contributed by atoms with Crippen LogP contribution in [0.4, 0.5) is 0 Å². The number of pyridine rings is 1. The van der Waals surface area contributed by atoms with Crippen molar-refractivity contribution in [2.45, 2.75) is 32.9 Å². The Morgan fingerprint density at radius 1 is 1.28 bits per heavy atom. The summed E-state index contributed by atoms with van der Waals surface area (Å²) in [5, 5.41) is 12.2. The van der Waals surface area contributed by atoms with Crippen LogP contribution in [-0.2, 0) is 20.1 Å². The van der Waals surface area contributed by atoms with Gasteiger partial charge in [0.15, 0.2) is 5.82 Å². The van der Waals surface area contributed by atoms with Crippen molar-refractivity contribution < 1.29 is 4.74 Å². The second kappa shape index (κ2) is 7.43. The van der Waals surface area contributed by atoms with Gasteiger partial charge in [-0.1, -0.05) is 19.9 Å². The van der Waals surface area contributed by atoms with Gasteiger partial charge in [0.1, 0.15) is 12.7 Å². The third kappa shape index (κ3) is 3.53. The van der Waals surface area contributed by atoms with Crippen molar-refractivity contribution >= 4 is 0 Å². The highest BCUT2D eigenvalue weighted by Crippen LogP contribution is 2.27. The van der Waals surface area contributed by atoms with Crippen LogP contribution in [0.1, 0.15) is 36.6 Å². The topological polar surface area (TPSA) is 82.7 Å². The van der Waals surface area contributed by atoms with Crippen molar-refractivity contribution in [3.63, 3.8) is 0 Å². The third-order valence-electron chi connectivity index (χ3n) is 3.98. The van der Waals surface area contributed by atoms with Crippen molar-refractivity contribution in [2.75, 3.05) is 7.11 Å². The first kappa shape index (κ1) is 17.1. The predicted molar refractivity (Wildman–Crippen MR) is 93.5 cm³/mol. The lowest BCUT2D eigenvalue weighted by atomic mass is 10.1. The highest BCUT2D eigenvalue weighted by molar-refractivity contribution is 5.35. The second-order valence-corrected chi connectivity index (χ2v) is 6.08. The normalized spacial score (nSPS) is 11.2. The SMILES string of the molecule is COc1c(CNCc2cccnc2-n2cncn2)c(C(C)C)nn1C. The fourth-order valence-electron chi connectivity index (χ4n) is 2.87. The van der Waals surface area contributed by atoms with E-state index in [1.807, 2.05) is 19.2 Å². The van der Waals surface area contributed by atoms with E-state index in [4.69, 9.17) is 4.74 Å². The van der Waals surface area contributed by atoms with Gasteiger partial charge in [-0.2, -0.15) is 10.2 Å². The Morgan fingerprint density at radius 2 is 2.12 bits per heavy atom. The molecule has 8 nitrogen and oxygen atoms in total. The fraction of sp³-hybridized carbons (Fsp3) is 0.412. The van der Waals surface area contributed by atoms with E-state index in [0.717, 1.165) is 28.5 Å². The molecule has 0 bridgehead atoms. The van der Waals surface area contributed by atoms with Gasteiger partial charge in [-0.3, -0.25) is 0 Å². The maximum atomic E-state index is 5.52. The number of hydrogen-bond acceptors (Lipinski definition) is 6. The summed E-state index contributed by atoms with van der Waals surface area (Å²) >= 11 is 0. The Hall–Kier alpha value is -2.74. The fourth-order valence-corrected chi connectivity index (χ4v) is 2.87. The Morgan fingerprint density at radius 3 is 2.80 bits per heavy atom. The molecule has 3 heterocycles. The second-order valence-electron chi connectivity index (χ2n) is 6.08. The van der Waals surface area contributed by atoms with Gasteiger partial charge in [-0.15, -0.1) is 0 Å². The average molecular weight is 341 g/mol. The minimum Gasteiger partial charge on any atom is -0.481 e. The quantitative estimate of drug-likeness (QED) is 0.706. The largest absolute Gasteiger partial charge is 0.481 e. The molecule has 132 valence electrons. The Bertz CT molecular complexity index is 824. The molecule has 3 aromatic rings. The molecule has 3 aromatic heterocycles. The molecule has 0 radical (unpaired) electrons. The standard InChI is InChI=1S/C17H23N7O/c1-12(2)15-14(17(25-4)23(3)22-15)9-18-8-13-6-5-7-20-16(13)24-11-19-10-21-24/h5-7,10-12,18H,8-9H2,1-4H3. The molecule has 3 rings (SSSR count). The van der Waals surface area contributed by atoms with E-state index < -0.39 is 0 Å². The monoisotopic (exact) mass is 341 g/mol. The molecule has 0 unspecified atom stereocenters. The van der Waals surface area contributed by atoms with Crippen molar-refractivity contribution in [3.05, 3.63) is 47.8 Å². The zero-order valence-electron chi connectivity index (χ0n) is 15.0. The average Bonchev–Trinajstić information content (AvgIpc) is 3.23. The molecule has 0 aliphatic rings. The lowest BCUT2D eigenvalue weighted by molar-refractivity contribution is 0.368. The summed E-state index contributed by atoms with van der Waals surface area (Å²) in [5.74, 6) is 1.89. The summed E-state index contributed by atoms with van der Waals surface area (Å²) in [6.45, 7) is 5.58. The van der Waals surface area contributed by atoms with Gasteiger partial charge >= 0.3 is 0 Å².